The highest BCUT2D eigenvalue weighted by Crippen LogP contribution is 2.35. The fraction of sp³-hybridized carbons (Fsp3) is 0.333. The predicted molar refractivity (Wildman–Crippen MR) is 71.9 cm³/mol. The van der Waals surface area contributed by atoms with Crippen LogP contribution in [-0.2, 0) is 9.59 Å². The van der Waals surface area contributed by atoms with Gasteiger partial charge in [0.1, 0.15) is 5.75 Å². The van der Waals surface area contributed by atoms with E-state index in [-0.39, 0.29) is 25.0 Å². The summed E-state index contributed by atoms with van der Waals surface area (Å²) in [6.07, 6.45) is 0.194. The lowest BCUT2D eigenvalue weighted by Crippen LogP contribution is -2.27. The number of carbonyl (C=O) groups excluding carboxylic acids is 2. The molecule has 102 valence electrons. The molecule has 0 radical (unpaired) electrons. The average molecular weight is 264 g/mol. The second kappa shape index (κ2) is 5.05. The van der Waals surface area contributed by atoms with E-state index in [0.29, 0.717) is 22.8 Å². The molecule has 0 aliphatic carbocycles. The van der Waals surface area contributed by atoms with Crippen molar-refractivity contribution in [1.82, 2.24) is 0 Å². The number of primary amides is 1. The Kier molecular flexibility index (Phi) is 3.46. The molecule has 7 heteroatoms. The lowest BCUT2D eigenvalue weighted by atomic mass is 10.1. The van der Waals surface area contributed by atoms with Crippen molar-refractivity contribution in [1.29, 1.82) is 0 Å². The van der Waals surface area contributed by atoms with Crippen molar-refractivity contribution in [2.45, 2.75) is 19.4 Å². The Hall–Kier alpha value is -2.44. The van der Waals surface area contributed by atoms with Crippen LogP contribution < -0.4 is 26.8 Å². The van der Waals surface area contributed by atoms with Gasteiger partial charge in [0.25, 0.3) is 5.91 Å². The van der Waals surface area contributed by atoms with Crippen molar-refractivity contribution < 1.29 is 14.3 Å². The van der Waals surface area contributed by atoms with Crippen molar-refractivity contribution in [3.63, 3.8) is 0 Å². The Bertz CT molecular complexity index is 530. The Balaban J connectivity index is 2.19. The molecule has 19 heavy (non-hydrogen) atoms. The van der Waals surface area contributed by atoms with Gasteiger partial charge in [0.2, 0.25) is 5.91 Å². The molecule has 1 aromatic rings. The molecule has 2 amide bonds. The molecule has 0 saturated carbocycles. The van der Waals surface area contributed by atoms with E-state index in [9.17, 15) is 9.59 Å². The van der Waals surface area contributed by atoms with Crippen LogP contribution in [0.1, 0.15) is 13.3 Å². The molecular weight excluding hydrogens is 248 g/mol. The SMILES string of the molecule is CC(CC(N)=O)Nc1cc2c(cc1N)OCC(=O)N2. The first-order valence-corrected chi connectivity index (χ1v) is 5.86. The molecule has 1 atom stereocenters. The van der Waals surface area contributed by atoms with Gasteiger partial charge >= 0.3 is 0 Å². The van der Waals surface area contributed by atoms with Gasteiger partial charge in [-0.1, -0.05) is 0 Å². The second-order valence-electron chi connectivity index (χ2n) is 4.49. The summed E-state index contributed by atoms with van der Waals surface area (Å²) in [7, 11) is 0. The molecule has 0 fully saturated rings. The normalized spacial score (nSPS) is 14.9. The Morgan fingerprint density at radius 3 is 3.00 bits per heavy atom. The third-order valence-electron chi connectivity index (χ3n) is 2.69. The molecule has 0 saturated heterocycles. The number of nitrogens with one attached hydrogen (secondary N) is 2. The van der Waals surface area contributed by atoms with Crippen LogP contribution >= 0.6 is 0 Å². The molecule has 0 aromatic heterocycles. The quantitative estimate of drug-likeness (QED) is 0.582. The molecule has 2 rings (SSSR count). The van der Waals surface area contributed by atoms with Crippen LogP contribution in [0.2, 0.25) is 0 Å². The number of hydrogen-bond acceptors (Lipinski definition) is 5. The molecule has 1 aromatic carbocycles. The average Bonchev–Trinajstić information content (AvgIpc) is 2.29. The second-order valence-corrected chi connectivity index (χ2v) is 4.49. The summed E-state index contributed by atoms with van der Waals surface area (Å²) in [5, 5.41) is 5.76. The third kappa shape index (κ3) is 3.06. The third-order valence-corrected chi connectivity index (χ3v) is 2.69. The van der Waals surface area contributed by atoms with E-state index in [4.69, 9.17) is 16.2 Å². The van der Waals surface area contributed by atoms with Crippen molar-refractivity contribution in [2.75, 3.05) is 23.0 Å². The van der Waals surface area contributed by atoms with Crippen LogP contribution in [0.3, 0.4) is 0 Å². The zero-order valence-electron chi connectivity index (χ0n) is 10.5. The summed E-state index contributed by atoms with van der Waals surface area (Å²) in [5.74, 6) is -0.0771. The number of nitrogens with two attached hydrogens (primary N) is 2. The summed E-state index contributed by atoms with van der Waals surface area (Å²) in [4.78, 5) is 22.1. The van der Waals surface area contributed by atoms with Gasteiger partial charge < -0.3 is 26.8 Å². The number of ether oxygens (including phenoxy) is 1. The highest BCUT2D eigenvalue weighted by atomic mass is 16.5. The van der Waals surface area contributed by atoms with Crippen LogP contribution in [0.4, 0.5) is 17.1 Å². The van der Waals surface area contributed by atoms with E-state index < -0.39 is 5.91 Å². The Labute approximate surface area is 110 Å². The first-order valence-electron chi connectivity index (χ1n) is 5.86. The lowest BCUT2D eigenvalue weighted by Gasteiger charge is -2.22. The van der Waals surface area contributed by atoms with Crippen LogP contribution in [0.15, 0.2) is 12.1 Å². The molecule has 1 unspecified atom stereocenters. The van der Waals surface area contributed by atoms with Crippen molar-refractivity contribution in [2.24, 2.45) is 5.73 Å². The van der Waals surface area contributed by atoms with E-state index in [1.165, 1.54) is 0 Å². The van der Waals surface area contributed by atoms with Crippen LogP contribution in [0.5, 0.6) is 5.75 Å². The monoisotopic (exact) mass is 264 g/mol. The van der Waals surface area contributed by atoms with Crippen LogP contribution in [0.25, 0.3) is 0 Å². The molecule has 1 aliphatic rings. The summed E-state index contributed by atoms with van der Waals surface area (Å²) < 4.78 is 5.25. The zero-order valence-corrected chi connectivity index (χ0v) is 10.5. The van der Waals surface area contributed by atoms with Gasteiger partial charge in [-0.3, -0.25) is 9.59 Å². The summed E-state index contributed by atoms with van der Waals surface area (Å²) >= 11 is 0. The smallest absolute Gasteiger partial charge is 0.262 e. The van der Waals surface area contributed by atoms with E-state index in [0.717, 1.165) is 0 Å². The number of nitrogen functional groups attached to an aromatic ring is 1. The van der Waals surface area contributed by atoms with Gasteiger partial charge in [-0.05, 0) is 13.0 Å². The van der Waals surface area contributed by atoms with Crippen LogP contribution in [0, 0.1) is 0 Å². The molecule has 7 nitrogen and oxygen atoms in total. The topological polar surface area (TPSA) is 119 Å². The van der Waals surface area contributed by atoms with Gasteiger partial charge in [0.15, 0.2) is 6.61 Å². The lowest BCUT2D eigenvalue weighted by molar-refractivity contribution is -0.119. The number of carbonyl (C=O) groups is 2. The van der Waals surface area contributed by atoms with E-state index in [1.54, 1.807) is 12.1 Å². The summed E-state index contributed by atoms with van der Waals surface area (Å²) in [6.45, 7) is 1.80. The number of rotatable bonds is 4. The number of benzene rings is 1. The molecule has 0 spiro atoms. The fourth-order valence-corrected chi connectivity index (χ4v) is 1.89. The number of hydrogen-bond donors (Lipinski definition) is 4. The van der Waals surface area contributed by atoms with Gasteiger partial charge in [0.05, 0.1) is 17.1 Å². The van der Waals surface area contributed by atoms with Gasteiger partial charge in [-0.25, -0.2) is 0 Å². The molecule has 1 aliphatic heterocycles. The minimum atomic E-state index is -0.395. The highest BCUT2D eigenvalue weighted by Gasteiger charge is 2.18. The van der Waals surface area contributed by atoms with Crippen molar-refractivity contribution in [3.8, 4) is 5.75 Å². The predicted octanol–water partition coefficient (Wildman–Crippen LogP) is 0.275. The van der Waals surface area contributed by atoms with Crippen LogP contribution in [-0.4, -0.2) is 24.5 Å². The molecular formula is C12H16N4O3. The van der Waals surface area contributed by atoms with E-state index >= 15 is 0 Å². The maximum atomic E-state index is 11.2. The Morgan fingerprint density at radius 1 is 1.58 bits per heavy atom. The van der Waals surface area contributed by atoms with Gasteiger partial charge in [0, 0.05) is 18.5 Å². The maximum absolute atomic E-state index is 11.2. The standard InChI is InChI=1S/C12H16N4O3/c1-6(2-11(14)17)15-8-4-9-10(3-7(8)13)19-5-12(18)16-9/h3-4,6,15H,2,5,13H2,1H3,(H2,14,17)(H,16,18). The molecule has 0 bridgehead atoms. The van der Waals surface area contributed by atoms with Crippen molar-refractivity contribution in [3.05, 3.63) is 12.1 Å². The first kappa shape index (κ1) is 13.0. The van der Waals surface area contributed by atoms with E-state index in [1.807, 2.05) is 6.92 Å². The van der Waals surface area contributed by atoms with Gasteiger partial charge in [-0.15, -0.1) is 0 Å². The zero-order chi connectivity index (χ0) is 14.0. The van der Waals surface area contributed by atoms with Crippen molar-refractivity contribution >= 4 is 28.9 Å². The summed E-state index contributed by atoms with van der Waals surface area (Å²) in [5.41, 5.74) is 12.7. The van der Waals surface area contributed by atoms with E-state index in [2.05, 4.69) is 10.6 Å². The fourth-order valence-electron chi connectivity index (χ4n) is 1.89. The molecule has 1 heterocycles. The minimum Gasteiger partial charge on any atom is -0.482 e. The number of anilines is 3. The minimum absolute atomic E-state index is 0.0166. The Morgan fingerprint density at radius 2 is 2.32 bits per heavy atom. The van der Waals surface area contributed by atoms with Gasteiger partial charge in [-0.2, -0.15) is 0 Å². The number of amides is 2. The first-order chi connectivity index (χ1) is 8.95. The maximum Gasteiger partial charge on any atom is 0.262 e. The number of fused-ring (bicyclic) bond motifs is 1. The largest absolute Gasteiger partial charge is 0.482 e. The molecule has 6 N–H and O–H groups in total. The highest BCUT2D eigenvalue weighted by molar-refractivity contribution is 5.97. The summed E-state index contributed by atoms with van der Waals surface area (Å²) in [6, 6.07) is 3.16.